The Morgan fingerprint density at radius 3 is 2.62 bits per heavy atom. The molecule has 5 rings (SSSR count). The van der Waals surface area contributed by atoms with E-state index in [4.69, 9.17) is 9.26 Å². The lowest BCUT2D eigenvalue weighted by molar-refractivity contribution is -0.122. The van der Waals surface area contributed by atoms with Gasteiger partial charge < -0.3 is 19.9 Å². The number of rotatable bonds is 6. The highest BCUT2D eigenvalue weighted by atomic mass is 32.1. The third-order valence-corrected chi connectivity index (χ3v) is 6.93. The number of ether oxygens (including phenoxy) is 1. The maximum absolute atomic E-state index is 12.8. The minimum Gasteiger partial charge on any atom is -0.456 e. The fourth-order valence-electron chi connectivity index (χ4n) is 4.04. The molecule has 0 atom stereocenters. The van der Waals surface area contributed by atoms with Crippen molar-refractivity contribution in [3.05, 3.63) is 41.0 Å². The Morgan fingerprint density at radius 2 is 1.92 bits per heavy atom. The summed E-state index contributed by atoms with van der Waals surface area (Å²) in [6.07, 6.45) is 2.80. The Hall–Kier alpha value is -3.93. The summed E-state index contributed by atoms with van der Waals surface area (Å²) in [6.45, 7) is 8.90. The zero-order valence-electron chi connectivity index (χ0n) is 21.2. The van der Waals surface area contributed by atoms with E-state index in [-0.39, 0.29) is 17.9 Å². The predicted molar refractivity (Wildman–Crippen MR) is 138 cm³/mol. The van der Waals surface area contributed by atoms with E-state index in [2.05, 4.69) is 35.7 Å². The van der Waals surface area contributed by atoms with Crippen molar-refractivity contribution in [2.24, 2.45) is 5.92 Å². The van der Waals surface area contributed by atoms with Crippen molar-refractivity contribution in [2.45, 2.75) is 59.1 Å². The average molecular weight is 522 g/mol. The largest absolute Gasteiger partial charge is 0.456 e. The van der Waals surface area contributed by atoms with E-state index in [0.29, 0.717) is 46.1 Å². The summed E-state index contributed by atoms with van der Waals surface area (Å²) in [4.78, 5) is 43.0. The van der Waals surface area contributed by atoms with E-state index in [1.54, 1.807) is 13.8 Å². The number of thiazole rings is 1. The molecule has 11 nitrogen and oxygen atoms in total. The topological polar surface area (TPSA) is 145 Å². The van der Waals surface area contributed by atoms with Crippen LogP contribution in [0.25, 0.3) is 22.3 Å². The monoisotopic (exact) mass is 521 g/mol. The molecule has 0 spiro atoms. The molecule has 3 heterocycles. The number of benzene rings is 1. The number of carbonyl (C=O) groups excluding carboxylic acids is 2. The van der Waals surface area contributed by atoms with Crippen molar-refractivity contribution in [3.8, 4) is 11.4 Å². The number of esters is 1. The van der Waals surface area contributed by atoms with Gasteiger partial charge in [0, 0.05) is 29.8 Å². The van der Waals surface area contributed by atoms with Crippen LogP contribution in [0.4, 0.5) is 10.9 Å². The Morgan fingerprint density at radius 1 is 1.14 bits per heavy atom. The van der Waals surface area contributed by atoms with Gasteiger partial charge in [-0.25, -0.2) is 19.7 Å². The van der Waals surface area contributed by atoms with Crippen LogP contribution in [-0.4, -0.2) is 48.6 Å². The number of nitrogens with zero attached hydrogens (tertiary/aromatic N) is 5. The smallest absolute Gasteiger partial charge is 0.350 e. The van der Waals surface area contributed by atoms with E-state index in [1.165, 1.54) is 6.33 Å². The summed E-state index contributed by atoms with van der Waals surface area (Å²) >= 11 is 1.13. The summed E-state index contributed by atoms with van der Waals surface area (Å²) in [5, 5.41) is 11.5. The predicted octanol–water partition coefficient (Wildman–Crippen LogP) is 4.54. The third kappa shape index (κ3) is 5.43. The number of hydrogen-bond acceptors (Lipinski definition) is 11. The molecule has 1 aromatic carbocycles. The molecule has 2 N–H and O–H groups in total. The van der Waals surface area contributed by atoms with E-state index >= 15 is 0 Å². The molecule has 1 aliphatic carbocycles. The van der Waals surface area contributed by atoms with E-state index in [9.17, 15) is 9.59 Å². The minimum absolute atomic E-state index is 0.0836. The molecule has 0 saturated heterocycles. The number of aryl methyl sites for hydroxylation is 2. The van der Waals surface area contributed by atoms with Crippen LogP contribution in [0.1, 0.15) is 54.9 Å². The van der Waals surface area contributed by atoms with Gasteiger partial charge in [-0.2, -0.15) is 4.98 Å². The molecular formula is C25H27N7O4S. The highest BCUT2D eigenvalue weighted by Crippen LogP contribution is 2.34. The zero-order chi connectivity index (χ0) is 26.3. The second-order valence-corrected chi connectivity index (χ2v) is 11.0. The van der Waals surface area contributed by atoms with Crippen LogP contribution in [0.5, 0.6) is 0 Å². The van der Waals surface area contributed by atoms with Gasteiger partial charge in [-0.1, -0.05) is 16.5 Å². The van der Waals surface area contributed by atoms with E-state index in [0.717, 1.165) is 27.8 Å². The van der Waals surface area contributed by atoms with Gasteiger partial charge in [0.2, 0.25) is 17.6 Å². The second-order valence-electron chi connectivity index (χ2n) is 10.0. The normalized spacial score (nSPS) is 17.3. The van der Waals surface area contributed by atoms with Crippen LogP contribution in [-0.2, 0) is 9.53 Å². The lowest BCUT2D eigenvalue weighted by atomic mass is 9.79. The Bertz CT molecular complexity index is 1480. The van der Waals surface area contributed by atoms with Gasteiger partial charge in [0.05, 0.1) is 11.2 Å². The molecule has 1 saturated carbocycles. The molecule has 37 heavy (non-hydrogen) atoms. The summed E-state index contributed by atoms with van der Waals surface area (Å²) in [5.74, 6) is 0.953. The molecule has 0 unspecified atom stereocenters. The van der Waals surface area contributed by atoms with Gasteiger partial charge in [-0.15, -0.1) is 0 Å². The van der Waals surface area contributed by atoms with Crippen LogP contribution < -0.4 is 10.6 Å². The van der Waals surface area contributed by atoms with Gasteiger partial charge in [0.1, 0.15) is 22.6 Å². The van der Waals surface area contributed by atoms with Crippen LogP contribution in [0.15, 0.2) is 29.0 Å². The van der Waals surface area contributed by atoms with Crippen molar-refractivity contribution >= 4 is 45.1 Å². The SMILES string of the molecule is Cc1nc(-c2ccc3ncnc(N[C@H]4C[C@@H](C(=O)Nc5nc(C)c(C(=O)OC(C)(C)C)s5)C4)c3c2)no1. The zero-order valence-corrected chi connectivity index (χ0v) is 22.0. The van der Waals surface area contributed by atoms with Crippen LogP contribution in [0, 0.1) is 19.8 Å². The number of anilines is 2. The van der Waals surface area contributed by atoms with Gasteiger partial charge in [-0.05, 0) is 58.7 Å². The van der Waals surface area contributed by atoms with Crippen molar-refractivity contribution in [2.75, 3.05) is 10.6 Å². The fourth-order valence-corrected chi connectivity index (χ4v) is 4.89. The van der Waals surface area contributed by atoms with Crippen molar-refractivity contribution in [3.63, 3.8) is 0 Å². The number of fused-ring (bicyclic) bond motifs is 1. The number of carbonyl (C=O) groups is 2. The minimum atomic E-state index is -0.604. The molecule has 1 amide bonds. The molecule has 192 valence electrons. The molecule has 0 bridgehead atoms. The maximum Gasteiger partial charge on any atom is 0.350 e. The van der Waals surface area contributed by atoms with Crippen molar-refractivity contribution in [1.82, 2.24) is 25.1 Å². The Kier molecular flexibility index (Phi) is 6.36. The number of hydrogen-bond donors (Lipinski definition) is 2. The van der Waals surface area contributed by atoms with Crippen molar-refractivity contribution in [1.29, 1.82) is 0 Å². The lowest BCUT2D eigenvalue weighted by Crippen LogP contribution is -2.42. The average Bonchev–Trinajstić information content (AvgIpc) is 3.39. The highest BCUT2D eigenvalue weighted by Gasteiger charge is 2.35. The summed E-state index contributed by atoms with van der Waals surface area (Å²) in [7, 11) is 0. The molecule has 0 aliphatic heterocycles. The molecule has 1 fully saturated rings. The first-order valence-corrected chi connectivity index (χ1v) is 12.7. The summed E-state index contributed by atoms with van der Waals surface area (Å²) in [6, 6.07) is 5.79. The number of nitrogens with one attached hydrogen (secondary N) is 2. The molecule has 1 aliphatic rings. The van der Waals surface area contributed by atoms with Crippen LogP contribution >= 0.6 is 11.3 Å². The molecular weight excluding hydrogens is 494 g/mol. The van der Waals surface area contributed by atoms with Crippen molar-refractivity contribution < 1.29 is 18.8 Å². The molecule has 0 radical (unpaired) electrons. The summed E-state index contributed by atoms with van der Waals surface area (Å²) < 4.78 is 10.5. The van der Waals surface area contributed by atoms with E-state index < -0.39 is 11.6 Å². The van der Waals surface area contributed by atoms with Gasteiger partial charge in [0.15, 0.2) is 5.13 Å². The summed E-state index contributed by atoms with van der Waals surface area (Å²) in [5.41, 5.74) is 1.52. The Balaban J connectivity index is 1.21. The molecule has 3 aromatic heterocycles. The van der Waals surface area contributed by atoms with Gasteiger partial charge >= 0.3 is 5.97 Å². The maximum atomic E-state index is 12.8. The first-order valence-electron chi connectivity index (χ1n) is 11.9. The second kappa shape index (κ2) is 9.51. The fraction of sp³-hybridized carbons (Fsp3) is 0.400. The first-order chi connectivity index (χ1) is 17.6. The molecule has 4 aromatic rings. The Labute approximate surface area is 217 Å². The number of amides is 1. The quantitative estimate of drug-likeness (QED) is 0.347. The van der Waals surface area contributed by atoms with E-state index in [1.807, 2.05) is 39.0 Å². The molecule has 12 heteroatoms. The highest BCUT2D eigenvalue weighted by molar-refractivity contribution is 7.17. The third-order valence-electron chi connectivity index (χ3n) is 5.88. The first kappa shape index (κ1) is 24.8. The van der Waals surface area contributed by atoms with Crippen LogP contribution in [0.3, 0.4) is 0 Å². The van der Waals surface area contributed by atoms with Gasteiger partial charge in [0.25, 0.3) is 0 Å². The van der Waals surface area contributed by atoms with Gasteiger partial charge in [-0.3, -0.25) is 4.79 Å². The lowest BCUT2D eigenvalue weighted by Gasteiger charge is -2.35. The standard InChI is InChI=1S/C25H27N7O4S/c1-12-19(23(34)35-25(3,4)5)37-24(28-12)31-22(33)15-8-16(9-15)30-21-17-10-14(20-29-13(2)36-32-20)6-7-18(17)26-11-27-21/h6-7,10-11,15-16H,8-9H2,1-5H3,(H,26,27,30)(H,28,31,33)/t15-,16+. The number of aromatic nitrogens is 5. The van der Waals surface area contributed by atoms with Crippen LogP contribution in [0.2, 0.25) is 0 Å².